The van der Waals surface area contributed by atoms with Crippen LogP contribution in [0.3, 0.4) is 0 Å². The summed E-state index contributed by atoms with van der Waals surface area (Å²) in [5.74, 6) is -0.702. The molecule has 0 aromatic heterocycles. The molecule has 0 aliphatic carbocycles. The van der Waals surface area contributed by atoms with E-state index in [0.29, 0.717) is 23.7 Å². The Hall–Kier alpha value is -2.60. The first-order chi connectivity index (χ1) is 13.0. The van der Waals surface area contributed by atoms with Crippen LogP contribution in [0.2, 0.25) is 5.02 Å². The third-order valence-corrected chi connectivity index (χ3v) is 4.76. The smallest absolute Gasteiger partial charge is 0.242 e. The second kappa shape index (κ2) is 8.86. The van der Waals surface area contributed by atoms with Crippen LogP contribution in [0.4, 0.5) is 10.1 Å². The van der Waals surface area contributed by atoms with Crippen molar-refractivity contribution >= 4 is 29.1 Å². The van der Waals surface area contributed by atoms with Crippen molar-refractivity contribution in [3.63, 3.8) is 0 Å². The summed E-state index contributed by atoms with van der Waals surface area (Å²) >= 11 is 6.03. The molecule has 0 radical (unpaired) electrons. The lowest BCUT2D eigenvalue weighted by molar-refractivity contribution is -0.133. The molecule has 2 aromatic carbocycles. The molecule has 0 atom stereocenters. The molecule has 2 aromatic rings. The van der Waals surface area contributed by atoms with E-state index in [-0.39, 0.29) is 30.6 Å². The predicted octanol–water partition coefficient (Wildman–Crippen LogP) is 2.49. The van der Waals surface area contributed by atoms with Crippen LogP contribution in [-0.4, -0.2) is 49.4 Å². The van der Waals surface area contributed by atoms with Gasteiger partial charge in [-0.2, -0.15) is 0 Å². The Morgan fingerprint density at radius 3 is 2.41 bits per heavy atom. The van der Waals surface area contributed by atoms with Gasteiger partial charge in [-0.15, -0.1) is 0 Å². The van der Waals surface area contributed by atoms with Crippen molar-refractivity contribution in [3.8, 4) is 0 Å². The molecule has 1 aliphatic heterocycles. The highest BCUT2D eigenvalue weighted by atomic mass is 35.5. The van der Waals surface area contributed by atoms with Crippen molar-refractivity contribution in [1.29, 1.82) is 0 Å². The van der Waals surface area contributed by atoms with Gasteiger partial charge in [0.25, 0.3) is 0 Å². The molecule has 1 fully saturated rings. The number of halogens is 2. The van der Waals surface area contributed by atoms with Gasteiger partial charge in [0.15, 0.2) is 0 Å². The van der Waals surface area contributed by atoms with E-state index in [0.717, 1.165) is 18.8 Å². The monoisotopic (exact) mass is 389 g/mol. The van der Waals surface area contributed by atoms with E-state index in [4.69, 9.17) is 11.6 Å². The Morgan fingerprint density at radius 1 is 1.04 bits per heavy atom. The first-order valence-corrected chi connectivity index (χ1v) is 9.18. The minimum absolute atomic E-state index is 0.0306. The van der Waals surface area contributed by atoms with Gasteiger partial charge >= 0.3 is 0 Å². The van der Waals surface area contributed by atoms with Crippen LogP contribution in [0, 0.1) is 5.82 Å². The summed E-state index contributed by atoms with van der Waals surface area (Å²) in [5, 5.41) is 3.33. The maximum Gasteiger partial charge on any atom is 0.242 e. The van der Waals surface area contributed by atoms with Crippen LogP contribution in [0.15, 0.2) is 48.5 Å². The molecular formula is C20H21ClFN3O2. The van der Waals surface area contributed by atoms with Crippen LogP contribution in [0.1, 0.15) is 5.56 Å². The van der Waals surface area contributed by atoms with Crippen molar-refractivity contribution in [2.45, 2.75) is 6.42 Å². The number of rotatable bonds is 5. The fourth-order valence-electron chi connectivity index (χ4n) is 3.02. The van der Waals surface area contributed by atoms with Gasteiger partial charge in [0.05, 0.1) is 13.0 Å². The van der Waals surface area contributed by atoms with E-state index in [2.05, 4.69) is 10.2 Å². The van der Waals surface area contributed by atoms with E-state index in [1.54, 1.807) is 17.0 Å². The maximum absolute atomic E-state index is 12.9. The third-order valence-electron chi connectivity index (χ3n) is 4.52. The molecular weight excluding hydrogens is 369 g/mol. The highest BCUT2D eigenvalue weighted by Gasteiger charge is 2.21. The highest BCUT2D eigenvalue weighted by molar-refractivity contribution is 6.30. The van der Waals surface area contributed by atoms with E-state index in [1.165, 1.54) is 12.1 Å². The van der Waals surface area contributed by atoms with Crippen molar-refractivity contribution in [1.82, 2.24) is 10.2 Å². The van der Waals surface area contributed by atoms with E-state index < -0.39 is 0 Å². The first-order valence-electron chi connectivity index (χ1n) is 8.81. The molecule has 2 amide bonds. The summed E-state index contributed by atoms with van der Waals surface area (Å²) in [7, 11) is 0. The summed E-state index contributed by atoms with van der Waals surface area (Å²) in [6.45, 7) is 2.60. The number of nitrogens with one attached hydrogen (secondary N) is 1. The number of piperazine rings is 1. The van der Waals surface area contributed by atoms with Gasteiger partial charge in [0.2, 0.25) is 11.8 Å². The molecule has 0 spiro atoms. The molecule has 1 N–H and O–H groups in total. The summed E-state index contributed by atoms with van der Waals surface area (Å²) in [6, 6.07) is 13.4. The number of amides is 2. The zero-order valence-electron chi connectivity index (χ0n) is 14.8. The molecule has 0 unspecified atom stereocenters. The molecule has 0 bridgehead atoms. The molecule has 0 saturated carbocycles. The predicted molar refractivity (Wildman–Crippen MR) is 103 cm³/mol. The summed E-state index contributed by atoms with van der Waals surface area (Å²) in [5.41, 5.74) is 1.75. The number of carbonyl (C=O) groups is 2. The Labute approximate surface area is 162 Å². The number of benzene rings is 2. The van der Waals surface area contributed by atoms with Crippen molar-refractivity contribution < 1.29 is 14.0 Å². The molecule has 27 heavy (non-hydrogen) atoms. The maximum atomic E-state index is 12.9. The van der Waals surface area contributed by atoms with Gasteiger partial charge < -0.3 is 15.1 Å². The van der Waals surface area contributed by atoms with Crippen molar-refractivity contribution in [2.24, 2.45) is 0 Å². The standard InChI is InChI=1S/C20H21ClFN3O2/c21-16-2-1-3-18(13-16)24-8-10-25(11-9-24)20(27)14-23-19(26)12-15-4-6-17(22)7-5-15/h1-7,13H,8-12,14H2,(H,23,26). The van der Waals surface area contributed by atoms with Crippen LogP contribution in [-0.2, 0) is 16.0 Å². The highest BCUT2D eigenvalue weighted by Crippen LogP contribution is 2.20. The average molecular weight is 390 g/mol. The summed E-state index contributed by atoms with van der Waals surface area (Å²) in [4.78, 5) is 28.2. The summed E-state index contributed by atoms with van der Waals surface area (Å²) < 4.78 is 12.9. The molecule has 1 saturated heterocycles. The van der Waals surface area contributed by atoms with Gasteiger partial charge in [0.1, 0.15) is 5.82 Å². The van der Waals surface area contributed by atoms with Crippen molar-refractivity contribution in [3.05, 3.63) is 64.9 Å². The number of anilines is 1. The van der Waals surface area contributed by atoms with Gasteiger partial charge in [-0.05, 0) is 35.9 Å². The summed E-state index contributed by atoms with van der Waals surface area (Å²) in [6.07, 6.45) is 0.121. The SMILES string of the molecule is O=C(Cc1ccc(F)cc1)NCC(=O)N1CCN(c2cccc(Cl)c2)CC1. The molecule has 7 heteroatoms. The Balaban J connectivity index is 1.42. The zero-order chi connectivity index (χ0) is 19.2. The Kier molecular flexibility index (Phi) is 6.29. The topological polar surface area (TPSA) is 52.7 Å². The largest absolute Gasteiger partial charge is 0.368 e. The van der Waals surface area contributed by atoms with Crippen LogP contribution < -0.4 is 10.2 Å². The Morgan fingerprint density at radius 2 is 1.74 bits per heavy atom. The van der Waals surface area contributed by atoms with E-state index >= 15 is 0 Å². The molecule has 1 aliphatic rings. The van der Waals surface area contributed by atoms with Gasteiger partial charge in [-0.1, -0.05) is 29.8 Å². The first kappa shape index (κ1) is 19.2. The van der Waals surface area contributed by atoms with Gasteiger partial charge in [0, 0.05) is 36.9 Å². The van der Waals surface area contributed by atoms with E-state index in [1.807, 2.05) is 24.3 Å². The number of nitrogens with zero attached hydrogens (tertiary/aromatic N) is 2. The number of hydrogen-bond acceptors (Lipinski definition) is 3. The van der Waals surface area contributed by atoms with Gasteiger partial charge in [-0.25, -0.2) is 4.39 Å². The van der Waals surface area contributed by atoms with Crippen LogP contribution >= 0.6 is 11.6 Å². The van der Waals surface area contributed by atoms with Crippen LogP contribution in [0.25, 0.3) is 0 Å². The molecule has 3 rings (SSSR count). The van der Waals surface area contributed by atoms with Crippen LogP contribution in [0.5, 0.6) is 0 Å². The second-order valence-corrected chi connectivity index (χ2v) is 6.86. The molecule has 5 nitrogen and oxygen atoms in total. The second-order valence-electron chi connectivity index (χ2n) is 6.43. The van der Waals surface area contributed by atoms with Crippen molar-refractivity contribution in [2.75, 3.05) is 37.6 Å². The average Bonchev–Trinajstić information content (AvgIpc) is 2.68. The quantitative estimate of drug-likeness (QED) is 0.854. The van der Waals surface area contributed by atoms with Gasteiger partial charge in [-0.3, -0.25) is 9.59 Å². The fraction of sp³-hybridized carbons (Fsp3) is 0.300. The molecule has 142 valence electrons. The zero-order valence-corrected chi connectivity index (χ0v) is 15.6. The minimum Gasteiger partial charge on any atom is -0.368 e. The number of hydrogen-bond donors (Lipinski definition) is 1. The Bertz CT molecular complexity index is 805. The fourth-order valence-corrected chi connectivity index (χ4v) is 3.21. The van der Waals surface area contributed by atoms with E-state index in [9.17, 15) is 14.0 Å². The molecule has 1 heterocycles. The normalized spacial score (nSPS) is 14.1. The third kappa shape index (κ3) is 5.44. The lowest BCUT2D eigenvalue weighted by Gasteiger charge is -2.36. The lowest BCUT2D eigenvalue weighted by atomic mass is 10.1. The number of carbonyl (C=O) groups excluding carboxylic acids is 2. The lowest BCUT2D eigenvalue weighted by Crippen LogP contribution is -2.51. The minimum atomic E-state index is -0.341.